The number of alkyl halides is 2. The van der Waals surface area contributed by atoms with Crippen molar-refractivity contribution in [2.45, 2.75) is 49.1 Å². The van der Waals surface area contributed by atoms with E-state index in [0.717, 1.165) is 17.7 Å². The number of aromatic nitrogens is 3. The maximum atomic E-state index is 13.7. The van der Waals surface area contributed by atoms with Gasteiger partial charge in [0.2, 0.25) is 5.91 Å². The van der Waals surface area contributed by atoms with Gasteiger partial charge in [-0.05, 0) is 57.3 Å². The van der Waals surface area contributed by atoms with Gasteiger partial charge in [0.1, 0.15) is 17.9 Å². The van der Waals surface area contributed by atoms with Crippen LogP contribution in [0.15, 0.2) is 59.6 Å². The maximum Gasteiger partial charge on any atom is 0.387 e. The van der Waals surface area contributed by atoms with Crippen molar-refractivity contribution in [1.82, 2.24) is 39.7 Å². The number of piperidine rings is 1. The number of amides is 2. The number of hydrogen-bond donors (Lipinski definition) is 1. The zero-order chi connectivity index (χ0) is 34.0. The van der Waals surface area contributed by atoms with Crippen molar-refractivity contribution >= 4 is 29.2 Å². The van der Waals surface area contributed by atoms with Gasteiger partial charge >= 0.3 is 6.61 Å². The minimum Gasteiger partial charge on any atom is -0.434 e. The van der Waals surface area contributed by atoms with E-state index in [4.69, 9.17) is 14.2 Å². The molecule has 48 heavy (non-hydrogen) atoms. The monoisotopic (exact) mass is 686 g/mol. The molecule has 0 spiro atoms. The molecule has 0 aliphatic carbocycles. The Morgan fingerprint density at radius 2 is 1.98 bits per heavy atom. The Balaban J connectivity index is 1.20. The molecule has 3 aliphatic heterocycles. The molecule has 2 saturated heterocycles. The molecule has 5 heterocycles. The fourth-order valence-corrected chi connectivity index (χ4v) is 7.03. The molecule has 3 aliphatic rings. The molecular formula is C32H40F2N8O5S. The van der Waals surface area contributed by atoms with Crippen LogP contribution < -0.4 is 10.1 Å². The lowest BCUT2D eigenvalue weighted by Gasteiger charge is -2.40. The van der Waals surface area contributed by atoms with E-state index in [1.807, 2.05) is 18.1 Å². The van der Waals surface area contributed by atoms with Gasteiger partial charge in [-0.15, -0.1) is 11.8 Å². The summed E-state index contributed by atoms with van der Waals surface area (Å²) < 4.78 is 45.1. The Labute approximate surface area is 281 Å². The van der Waals surface area contributed by atoms with Crippen LogP contribution >= 0.6 is 11.8 Å². The average molecular weight is 687 g/mol. The number of hydrogen-bond acceptors (Lipinski definition) is 11. The number of carbonyl (C=O) groups is 2. The molecule has 16 heteroatoms. The summed E-state index contributed by atoms with van der Waals surface area (Å²) in [5.74, 6) is -1.21. The number of likely N-dealkylation sites (N-methyl/N-ethyl adjacent to an activating group) is 2. The number of halogens is 2. The van der Waals surface area contributed by atoms with E-state index < -0.39 is 24.3 Å². The normalized spacial score (nSPS) is 20.2. The second-order valence-corrected chi connectivity index (χ2v) is 13.1. The molecule has 3 aromatic rings. The maximum absolute atomic E-state index is 13.7. The highest BCUT2D eigenvalue weighted by molar-refractivity contribution is 7.98. The zero-order valence-corrected chi connectivity index (χ0v) is 28.2. The van der Waals surface area contributed by atoms with Gasteiger partial charge in [0.05, 0.1) is 37.7 Å². The van der Waals surface area contributed by atoms with Crippen LogP contribution in [0.2, 0.25) is 0 Å². The second-order valence-electron chi connectivity index (χ2n) is 12.2. The largest absolute Gasteiger partial charge is 0.434 e. The summed E-state index contributed by atoms with van der Waals surface area (Å²) in [6, 6.07) is 6.18. The zero-order valence-electron chi connectivity index (χ0n) is 27.3. The van der Waals surface area contributed by atoms with Crippen molar-refractivity contribution < 1.29 is 32.6 Å². The average Bonchev–Trinajstić information content (AvgIpc) is 3.78. The Morgan fingerprint density at radius 3 is 2.69 bits per heavy atom. The van der Waals surface area contributed by atoms with E-state index in [-0.39, 0.29) is 29.8 Å². The molecule has 2 aromatic heterocycles. The molecule has 0 radical (unpaired) electrons. The van der Waals surface area contributed by atoms with Crippen molar-refractivity contribution in [3.8, 4) is 5.75 Å². The third-order valence-corrected chi connectivity index (χ3v) is 9.77. The number of carbonyl (C=O) groups excluding carboxylic acids is 2. The highest BCUT2D eigenvalue weighted by Crippen LogP contribution is 2.40. The third-order valence-electron chi connectivity index (χ3n) is 9.04. The quantitative estimate of drug-likeness (QED) is 0.300. The highest BCUT2D eigenvalue weighted by atomic mass is 32.2. The van der Waals surface area contributed by atoms with Gasteiger partial charge in [0, 0.05) is 55.2 Å². The number of nitrogens with zero attached hydrogens (tertiary/aromatic N) is 7. The van der Waals surface area contributed by atoms with Crippen LogP contribution in [-0.4, -0.2) is 124 Å². The number of benzene rings is 1. The third kappa shape index (κ3) is 7.27. The van der Waals surface area contributed by atoms with Crippen LogP contribution in [0.1, 0.15) is 41.7 Å². The summed E-state index contributed by atoms with van der Waals surface area (Å²) in [5.41, 5.74) is 1.40. The van der Waals surface area contributed by atoms with Gasteiger partial charge in [0.25, 0.3) is 5.91 Å². The predicted octanol–water partition coefficient (Wildman–Crippen LogP) is 3.21. The summed E-state index contributed by atoms with van der Waals surface area (Å²) in [6.07, 6.45) is 9.81. The van der Waals surface area contributed by atoms with E-state index in [1.54, 1.807) is 53.9 Å². The number of ether oxygens (including phenoxy) is 3. The van der Waals surface area contributed by atoms with Crippen molar-refractivity contribution in [3.63, 3.8) is 0 Å². The first kappa shape index (κ1) is 34.0. The van der Waals surface area contributed by atoms with Crippen LogP contribution in [0.4, 0.5) is 8.78 Å². The SMILES string of the molecule is CSc1ccc(OC(F)F)c(C2C(NC(=O)c3cnn4cccnc34)=CN(CC(=O)N3CCC(N(C)CC4(C)OCCO4)CC3)N2C)c1. The molecule has 2 fully saturated rings. The van der Waals surface area contributed by atoms with Crippen molar-refractivity contribution in [2.24, 2.45) is 0 Å². The van der Waals surface area contributed by atoms with Crippen molar-refractivity contribution in [3.05, 3.63) is 65.9 Å². The van der Waals surface area contributed by atoms with Gasteiger partial charge in [-0.3, -0.25) is 14.5 Å². The van der Waals surface area contributed by atoms with E-state index >= 15 is 0 Å². The summed E-state index contributed by atoms with van der Waals surface area (Å²) >= 11 is 1.45. The van der Waals surface area contributed by atoms with Gasteiger partial charge in [-0.2, -0.15) is 13.9 Å². The van der Waals surface area contributed by atoms with Crippen LogP contribution in [0, 0.1) is 0 Å². The number of rotatable bonds is 11. The number of thioether (sulfide) groups is 1. The first-order valence-corrected chi connectivity index (χ1v) is 17.0. The van der Waals surface area contributed by atoms with E-state index in [1.165, 1.54) is 28.5 Å². The molecular weight excluding hydrogens is 646 g/mol. The Morgan fingerprint density at radius 1 is 1.23 bits per heavy atom. The fraction of sp³-hybridized carbons (Fsp3) is 0.500. The minimum atomic E-state index is -3.05. The van der Waals surface area contributed by atoms with Gasteiger partial charge in [-0.1, -0.05) is 0 Å². The van der Waals surface area contributed by atoms with E-state index in [9.17, 15) is 18.4 Å². The lowest BCUT2D eigenvalue weighted by Crippen LogP contribution is -2.51. The standard InChI is InChI=1S/C32H40F2N8O5S/c1-32(45-14-15-46-32)20-38(2)21-8-12-40(13-9-21)27(43)19-41-18-25(37-30(44)24-17-36-42-11-5-10-35-29(24)42)28(39(41)3)23-16-22(48-4)6-7-26(23)47-31(33)34/h5-7,10-11,16-18,21,28,31H,8-9,12-15,19-20H2,1-4H3,(H,37,44). The summed E-state index contributed by atoms with van der Waals surface area (Å²) in [7, 11) is 3.80. The van der Waals surface area contributed by atoms with Gasteiger partial charge in [-0.25, -0.2) is 14.5 Å². The molecule has 1 atom stereocenters. The van der Waals surface area contributed by atoms with Crippen molar-refractivity contribution in [1.29, 1.82) is 0 Å². The number of hydrazine groups is 1. The van der Waals surface area contributed by atoms with Crippen LogP contribution in [0.25, 0.3) is 5.65 Å². The fourth-order valence-electron chi connectivity index (χ4n) is 6.58. The lowest BCUT2D eigenvalue weighted by molar-refractivity contribution is -0.159. The van der Waals surface area contributed by atoms with E-state index in [2.05, 4.69) is 27.3 Å². The van der Waals surface area contributed by atoms with Gasteiger partial charge < -0.3 is 29.4 Å². The molecule has 0 saturated carbocycles. The smallest absolute Gasteiger partial charge is 0.387 e. The number of likely N-dealkylation sites (tertiary alicyclic amines) is 1. The van der Waals surface area contributed by atoms with Crippen molar-refractivity contribution in [2.75, 3.05) is 59.7 Å². The highest BCUT2D eigenvalue weighted by Gasteiger charge is 2.38. The topological polar surface area (TPSA) is 117 Å². The first-order valence-electron chi connectivity index (χ1n) is 15.7. The molecule has 13 nitrogen and oxygen atoms in total. The molecule has 1 aromatic carbocycles. The Bertz CT molecular complexity index is 1660. The summed E-state index contributed by atoms with van der Waals surface area (Å²) in [4.78, 5) is 36.4. The van der Waals surface area contributed by atoms with Crippen LogP contribution in [0.5, 0.6) is 5.75 Å². The molecule has 1 N–H and O–H groups in total. The first-order chi connectivity index (χ1) is 23.0. The predicted molar refractivity (Wildman–Crippen MR) is 173 cm³/mol. The van der Waals surface area contributed by atoms with E-state index in [0.29, 0.717) is 49.8 Å². The summed E-state index contributed by atoms with van der Waals surface area (Å²) in [5, 5.41) is 10.6. The van der Waals surface area contributed by atoms with Crippen LogP contribution in [0.3, 0.4) is 0 Å². The number of fused-ring (bicyclic) bond motifs is 1. The Kier molecular flexibility index (Phi) is 10.2. The molecule has 2 amide bonds. The molecule has 1 unspecified atom stereocenters. The summed E-state index contributed by atoms with van der Waals surface area (Å²) in [6.45, 7) is 1.88. The Hall–Kier alpha value is -3.83. The van der Waals surface area contributed by atoms with Crippen LogP contribution in [-0.2, 0) is 14.3 Å². The molecule has 0 bridgehead atoms. The molecule has 6 rings (SSSR count). The minimum absolute atomic E-state index is 0.0157. The van der Waals surface area contributed by atoms with Gasteiger partial charge in [0.15, 0.2) is 11.4 Å². The molecule has 258 valence electrons. The second kappa shape index (κ2) is 14.3. The lowest BCUT2D eigenvalue weighted by atomic mass is 10.0. The number of nitrogens with one attached hydrogen (secondary N) is 1.